The van der Waals surface area contributed by atoms with Gasteiger partial charge in [-0.2, -0.15) is 0 Å². The number of esters is 2. The molecule has 0 aromatic heterocycles. The molecule has 6 heteroatoms. The van der Waals surface area contributed by atoms with Crippen LogP contribution in [-0.2, 0) is 28.5 Å². The lowest BCUT2D eigenvalue weighted by atomic mass is 10.1. The average Bonchev–Trinajstić information content (AvgIpc) is 3.80. The van der Waals surface area contributed by atoms with Crippen LogP contribution in [0.5, 0.6) is 0 Å². The van der Waals surface area contributed by atoms with Crippen LogP contribution in [0.15, 0.2) is 0 Å². The van der Waals surface area contributed by atoms with E-state index in [2.05, 4.69) is 13.8 Å². The van der Waals surface area contributed by atoms with Crippen LogP contribution in [0.1, 0.15) is 142 Å². The normalized spacial score (nSPS) is 22.4. The maximum absolute atomic E-state index is 11.9. The van der Waals surface area contributed by atoms with Crippen molar-refractivity contribution in [3.63, 3.8) is 0 Å². The van der Waals surface area contributed by atoms with E-state index in [1.807, 2.05) is 0 Å². The van der Waals surface area contributed by atoms with E-state index >= 15 is 0 Å². The molecule has 2 aliphatic heterocycles. The van der Waals surface area contributed by atoms with Crippen LogP contribution < -0.4 is 0 Å². The summed E-state index contributed by atoms with van der Waals surface area (Å²) in [5.74, 6) is -0.480. The number of epoxide rings is 2. The van der Waals surface area contributed by atoms with Gasteiger partial charge in [-0.25, -0.2) is 0 Å². The van der Waals surface area contributed by atoms with Crippen molar-refractivity contribution in [2.45, 2.75) is 167 Å². The monoisotopic (exact) mass is 510 g/mol. The van der Waals surface area contributed by atoms with E-state index in [1.165, 1.54) is 89.9 Å². The number of unbranched alkanes of at least 4 members (excludes halogenated alkanes) is 12. The van der Waals surface area contributed by atoms with Gasteiger partial charge in [-0.05, 0) is 25.7 Å². The predicted octanol–water partition coefficient (Wildman–Crippen LogP) is 7.45. The number of carbonyl (C=O) groups excluding carboxylic acids is 2. The molecule has 0 radical (unpaired) electrons. The SMILES string of the molecule is CCCCCCCCCC1OC1CCC(=O)OCCOC(=O)CCC1OC1CCCCCCCCC. The predicted molar refractivity (Wildman–Crippen MR) is 143 cm³/mol. The van der Waals surface area contributed by atoms with Crippen molar-refractivity contribution in [3.05, 3.63) is 0 Å². The summed E-state index contributed by atoms with van der Waals surface area (Å²) < 4.78 is 21.8. The standard InChI is InChI=1S/C30H54O6/c1-3-5-7-9-11-13-15-17-25-27(35-25)19-21-29(31)33-23-24-34-30(32)22-20-28-26(36-28)18-16-14-12-10-8-6-4-2/h25-28H,3-24H2,1-2H3. The van der Waals surface area contributed by atoms with Gasteiger partial charge >= 0.3 is 11.9 Å². The molecule has 0 aromatic carbocycles. The first kappa shape index (κ1) is 31.1. The van der Waals surface area contributed by atoms with Crippen LogP contribution in [-0.4, -0.2) is 49.6 Å². The minimum absolute atomic E-state index is 0.123. The van der Waals surface area contributed by atoms with Crippen molar-refractivity contribution in [2.75, 3.05) is 13.2 Å². The Hall–Kier alpha value is -1.14. The third kappa shape index (κ3) is 15.9. The number of carbonyl (C=O) groups is 2. The van der Waals surface area contributed by atoms with Crippen molar-refractivity contribution < 1.29 is 28.5 Å². The Kier molecular flexibility index (Phi) is 17.2. The molecule has 210 valence electrons. The summed E-state index contributed by atoms with van der Waals surface area (Å²) in [4.78, 5) is 23.8. The summed E-state index contributed by atoms with van der Waals surface area (Å²) in [6.07, 6.45) is 23.8. The second-order valence-electron chi connectivity index (χ2n) is 10.8. The minimum atomic E-state index is -0.240. The Balaban J connectivity index is 1.32. The van der Waals surface area contributed by atoms with Gasteiger partial charge in [-0.1, -0.05) is 104 Å². The van der Waals surface area contributed by atoms with Crippen LogP contribution >= 0.6 is 0 Å². The molecular formula is C30H54O6. The highest BCUT2D eigenvalue weighted by atomic mass is 16.6. The first-order valence-corrected chi connectivity index (χ1v) is 15.3. The van der Waals surface area contributed by atoms with Gasteiger partial charge in [0, 0.05) is 12.8 Å². The molecule has 0 N–H and O–H groups in total. The molecule has 6 nitrogen and oxygen atoms in total. The lowest BCUT2D eigenvalue weighted by Crippen LogP contribution is -2.14. The van der Waals surface area contributed by atoms with E-state index in [0.717, 1.165) is 25.7 Å². The van der Waals surface area contributed by atoms with Crippen LogP contribution in [0.25, 0.3) is 0 Å². The molecule has 0 spiro atoms. The van der Waals surface area contributed by atoms with E-state index < -0.39 is 0 Å². The molecule has 2 rings (SSSR count). The molecule has 36 heavy (non-hydrogen) atoms. The maximum Gasteiger partial charge on any atom is 0.306 e. The van der Waals surface area contributed by atoms with Crippen LogP contribution in [0, 0.1) is 0 Å². The van der Waals surface area contributed by atoms with Crippen molar-refractivity contribution >= 4 is 11.9 Å². The molecule has 4 atom stereocenters. The zero-order chi connectivity index (χ0) is 25.8. The summed E-state index contributed by atoms with van der Waals surface area (Å²) in [5, 5.41) is 0. The van der Waals surface area contributed by atoms with Crippen LogP contribution in [0.3, 0.4) is 0 Å². The molecular weight excluding hydrogens is 456 g/mol. The fourth-order valence-electron chi connectivity index (χ4n) is 4.95. The second-order valence-corrected chi connectivity index (χ2v) is 10.8. The van der Waals surface area contributed by atoms with E-state index in [-0.39, 0.29) is 37.4 Å². The summed E-state index contributed by atoms with van der Waals surface area (Å²) in [6, 6.07) is 0. The Morgan fingerprint density at radius 1 is 0.500 bits per heavy atom. The molecule has 0 amide bonds. The van der Waals surface area contributed by atoms with Crippen molar-refractivity contribution in [1.29, 1.82) is 0 Å². The molecule has 0 aromatic rings. The first-order chi connectivity index (χ1) is 17.6. The summed E-state index contributed by atoms with van der Waals surface area (Å²) in [7, 11) is 0. The summed E-state index contributed by atoms with van der Waals surface area (Å²) >= 11 is 0. The average molecular weight is 511 g/mol. The molecule has 2 heterocycles. The Morgan fingerprint density at radius 3 is 1.22 bits per heavy atom. The number of hydrogen-bond acceptors (Lipinski definition) is 6. The van der Waals surface area contributed by atoms with Gasteiger partial charge < -0.3 is 18.9 Å². The lowest BCUT2D eigenvalue weighted by molar-refractivity contribution is -0.152. The third-order valence-electron chi connectivity index (χ3n) is 7.44. The Morgan fingerprint density at radius 2 is 0.833 bits per heavy atom. The van der Waals surface area contributed by atoms with Gasteiger partial charge in [0.05, 0.1) is 24.4 Å². The van der Waals surface area contributed by atoms with E-state index in [9.17, 15) is 9.59 Å². The van der Waals surface area contributed by atoms with Gasteiger partial charge in [0.25, 0.3) is 0 Å². The van der Waals surface area contributed by atoms with Gasteiger partial charge in [-0.3, -0.25) is 9.59 Å². The van der Waals surface area contributed by atoms with Crippen molar-refractivity contribution in [2.24, 2.45) is 0 Å². The zero-order valence-electron chi connectivity index (χ0n) is 23.3. The fourth-order valence-corrected chi connectivity index (χ4v) is 4.95. The molecule has 2 fully saturated rings. The largest absolute Gasteiger partial charge is 0.462 e. The quantitative estimate of drug-likeness (QED) is 0.0721. The van der Waals surface area contributed by atoms with Crippen molar-refractivity contribution in [3.8, 4) is 0 Å². The Bertz CT molecular complexity index is 530. The number of hydrogen-bond donors (Lipinski definition) is 0. The summed E-state index contributed by atoms with van der Waals surface area (Å²) in [6.45, 7) is 4.73. The lowest BCUT2D eigenvalue weighted by Gasteiger charge is -2.06. The summed E-state index contributed by atoms with van der Waals surface area (Å²) in [5.41, 5.74) is 0. The third-order valence-corrected chi connectivity index (χ3v) is 7.44. The van der Waals surface area contributed by atoms with Crippen molar-refractivity contribution in [1.82, 2.24) is 0 Å². The molecule has 0 saturated carbocycles. The van der Waals surface area contributed by atoms with Crippen LogP contribution in [0.4, 0.5) is 0 Å². The van der Waals surface area contributed by atoms with Gasteiger partial charge in [0.1, 0.15) is 13.2 Å². The molecule has 0 aliphatic carbocycles. The highest BCUT2D eigenvalue weighted by Gasteiger charge is 2.38. The Labute approximate surface area is 220 Å². The molecule has 4 unspecified atom stereocenters. The molecule has 2 saturated heterocycles. The minimum Gasteiger partial charge on any atom is -0.462 e. The topological polar surface area (TPSA) is 77.7 Å². The fraction of sp³-hybridized carbons (Fsp3) is 0.933. The number of rotatable bonds is 25. The van der Waals surface area contributed by atoms with Gasteiger partial charge in [0.2, 0.25) is 0 Å². The highest BCUT2D eigenvalue weighted by Crippen LogP contribution is 2.32. The molecule has 0 bridgehead atoms. The molecule has 2 aliphatic rings. The number of ether oxygens (including phenoxy) is 4. The first-order valence-electron chi connectivity index (χ1n) is 15.3. The van der Waals surface area contributed by atoms with Crippen LogP contribution in [0.2, 0.25) is 0 Å². The zero-order valence-corrected chi connectivity index (χ0v) is 23.3. The van der Waals surface area contributed by atoms with E-state index in [4.69, 9.17) is 18.9 Å². The highest BCUT2D eigenvalue weighted by molar-refractivity contribution is 5.70. The second kappa shape index (κ2) is 19.9. The van der Waals surface area contributed by atoms with Gasteiger partial charge in [-0.15, -0.1) is 0 Å². The smallest absolute Gasteiger partial charge is 0.306 e. The van der Waals surface area contributed by atoms with E-state index in [1.54, 1.807) is 0 Å². The van der Waals surface area contributed by atoms with Gasteiger partial charge in [0.15, 0.2) is 0 Å². The maximum atomic E-state index is 11.9. The van der Waals surface area contributed by atoms with E-state index in [0.29, 0.717) is 25.0 Å².